The topological polar surface area (TPSA) is 90.9 Å². The normalized spacial score (nSPS) is 17.8. The Morgan fingerprint density at radius 2 is 2.05 bits per heavy atom. The second-order valence-electron chi connectivity index (χ2n) is 5.31. The summed E-state index contributed by atoms with van der Waals surface area (Å²) in [7, 11) is 0. The molecule has 0 aromatic carbocycles. The number of hydrogen-bond donors (Lipinski definition) is 2. The van der Waals surface area contributed by atoms with Crippen molar-refractivity contribution in [2.24, 2.45) is 10.9 Å². The Labute approximate surface area is 119 Å². The molecule has 0 saturated carbocycles. The minimum Gasteiger partial charge on any atom is -0.409 e. The van der Waals surface area contributed by atoms with Crippen LogP contribution in [0.3, 0.4) is 0 Å². The van der Waals surface area contributed by atoms with Crippen LogP contribution < -0.4 is 10.6 Å². The van der Waals surface area contributed by atoms with Crippen LogP contribution in [0.2, 0.25) is 0 Å². The predicted molar refractivity (Wildman–Crippen MR) is 78.2 cm³/mol. The van der Waals surface area contributed by atoms with Crippen molar-refractivity contribution in [3.63, 3.8) is 0 Å². The summed E-state index contributed by atoms with van der Waals surface area (Å²) in [5.41, 5.74) is 6.59. The largest absolute Gasteiger partial charge is 0.409 e. The molecule has 1 aromatic heterocycles. The average molecular weight is 278 g/mol. The fourth-order valence-electron chi connectivity index (χ4n) is 2.25. The van der Waals surface area contributed by atoms with E-state index in [0.29, 0.717) is 12.5 Å². The van der Waals surface area contributed by atoms with Crippen LogP contribution in [-0.2, 0) is 0 Å². The van der Waals surface area contributed by atoms with Gasteiger partial charge in [-0.25, -0.2) is 9.97 Å². The van der Waals surface area contributed by atoms with E-state index >= 15 is 0 Å². The number of anilines is 1. The lowest BCUT2D eigenvalue weighted by atomic mass is 10.1. The van der Waals surface area contributed by atoms with E-state index in [2.05, 4.69) is 44.8 Å². The van der Waals surface area contributed by atoms with Crippen molar-refractivity contribution >= 4 is 11.7 Å². The highest BCUT2D eigenvalue weighted by Gasteiger charge is 2.19. The molecule has 7 heteroatoms. The van der Waals surface area contributed by atoms with Gasteiger partial charge in [0.25, 0.3) is 0 Å². The molecular weight excluding hydrogens is 256 g/mol. The molecule has 7 nitrogen and oxygen atoms in total. The van der Waals surface area contributed by atoms with Gasteiger partial charge in [-0.1, -0.05) is 19.0 Å². The molecule has 1 aliphatic heterocycles. The first-order valence-electron chi connectivity index (χ1n) is 6.85. The minimum atomic E-state index is 0.252. The Kier molecular flexibility index (Phi) is 4.73. The molecule has 2 rings (SSSR count). The van der Waals surface area contributed by atoms with Gasteiger partial charge in [0.05, 0.1) is 6.54 Å². The highest BCUT2D eigenvalue weighted by atomic mass is 16.4. The van der Waals surface area contributed by atoms with Gasteiger partial charge in [-0.3, -0.25) is 4.90 Å². The molecular formula is C13H22N6O. The van der Waals surface area contributed by atoms with Crippen LogP contribution in [0, 0.1) is 0 Å². The third-order valence-electron chi connectivity index (χ3n) is 3.48. The summed E-state index contributed by atoms with van der Waals surface area (Å²) >= 11 is 0. The molecule has 1 aliphatic rings. The van der Waals surface area contributed by atoms with Crippen molar-refractivity contribution in [1.29, 1.82) is 0 Å². The maximum Gasteiger partial charge on any atom is 0.153 e. The molecule has 2 heterocycles. The highest BCUT2D eigenvalue weighted by Crippen LogP contribution is 2.18. The van der Waals surface area contributed by atoms with E-state index in [0.717, 1.165) is 37.7 Å². The Morgan fingerprint density at radius 3 is 2.65 bits per heavy atom. The Hall–Kier alpha value is -1.89. The van der Waals surface area contributed by atoms with Gasteiger partial charge in [-0.15, -0.1) is 0 Å². The first-order chi connectivity index (χ1) is 9.60. The summed E-state index contributed by atoms with van der Waals surface area (Å²) in [5.74, 6) is 1.63. The second kappa shape index (κ2) is 6.51. The van der Waals surface area contributed by atoms with Crippen molar-refractivity contribution in [3.8, 4) is 0 Å². The van der Waals surface area contributed by atoms with E-state index in [1.54, 1.807) is 6.33 Å². The molecule has 0 spiro atoms. The summed E-state index contributed by atoms with van der Waals surface area (Å²) in [4.78, 5) is 13.1. The van der Waals surface area contributed by atoms with E-state index in [4.69, 9.17) is 10.9 Å². The summed E-state index contributed by atoms with van der Waals surface area (Å²) in [5, 5.41) is 11.6. The molecule has 1 saturated heterocycles. The van der Waals surface area contributed by atoms with Crippen LogP contribution in [-0.4, -0.2) is 58.6 Å². The second-order valence-corrected chi connectivity index (χ2v) is 5.31. The summed E-state index contributed by atoms with van der Waals surface area (Å²) in [6, 6.07) is 2.06. The molecule has 20 heavy (non-hydrogen) atoms. The van der Waals surface area contributed by atoms with Crippen LogP contribution in [0.5, 0.6) is 0 Å². The molecule has 0 radical (unpaired) electrons. The molecule has 110 valence electrons. The smallest absolute Gasteiger partial charge is 0.153 e. The molecule has 0 atom stereocenters. The van der Waals surface area contributed by atoms with E-state index < -0.39 is 0 Å². The number of piperazine rings is 1. The van der Waals surface area contributed by atoms with E-state index in [9.17, 15) is 0 Å². The maximum absolute atomic E-state index is 8.59. The highest BCUT2D eigenvalue weighted by molar-refractivity contribution is 5.81. The van der Waals surface area contributed by atoms with Crippen molar-refractivity contribution in [1.82, 2.24) is 14.9 Å². The standard InChI is InChI=1S/C13H22N6O/c1-10(2)11-7-13(16-9-15-11)19-5-3-18(4-6-19)8-12(14)17-20/h7,9-10,20H,3-6,8H2,1-2H3,(H2,14,17). The quantitative estimate of drug-likeness (QED) is 0.360. The van der Waals surface area contributed by atoms with Crippen LogP contribution in [0.1, 0.15) is 25.5 Å². The number of amidine groups is 1. The van der Waals surface area contributed by atoms with Crippen molar-refractivity contribution in [2.75, 3.05) is 37.6 Å². The van der Waals surface area contributed by atoms with E-state index in [1.807, 2.05) is 0 Å². The molecule has 1 fully saturated rings. The van der Waals surface area contributed by atoms with Crippen LogP contribution >= 0.6 is 0 Å². The zero-order chi connectivity index (χ0) is 14.5. The SMILES string of the molecule is CC(C)c1cc(N2CCN(CC(N)=NO)CC2)ncn1. The van der Waals surface area contributed by atoms with Gasteiger partial charge in [0.15, 0.2) is 5.84 Å². The van der Waals surface area contributed by atoms with Crippen LogP contribution in [0.25, 0.3) is 0 Å². The first kappa shape index (κ1) is 14.5. The zero-order valence-corrected chi connectivity index (χ0v) is 12.0. The molecule has 0 bridgehead atoms. The number of hydrogen-bond acceptors (Lipinski definition) is 6. The zero-order valence-electron chi connectivity index (χ0n) is 12.0. The van der Waals surface area contributed by atoms with Gasteiger partial charge < -0.3 is 15.8 Å². The maximum atomic E-state index is 8.59. The molecule has 0 amide bonds. The number of oxime groups is 1. The molecule has 0 unspecified atom stereocenters. The van der Waals surface area contributed by atoms with Crippen LogP contribution in [0.4, 0.5) is 5.82 Å². The van der Waals surface area contributed by atoms with E-state index in [-0.39, 0.29) is 5.84 Å². The van der Waals surface area contributed by atoms with Gasteiger partial charge in [0, 0.05) is 37.9 Å². The minimum absolute atomic E-state index is 0.252. The fraction of sp³-hybridized carbons (Fsp3) is 0.615. The number of nitrogens with two attached hydrogens (primary N) is 1. The Bertz CT molecular complexity index is 468. The average Bonchev–Trinajstić information content (AvgIpc) is 2.48. The van der Waals surface area contributed by atoms with Gasteiger partial charge in [-0.05, 0) is 5.92 Å². The van der Waals surface area contributed by atoms with Crippen LogP contribution in [0.15, 0.2) is 17.5 Å². The third-order valence-corrected chi connectivity index (χ3v) is 3.48. The van der Waals surface area contributed by atoms with Crippen molar-refractivity contribution < 1.29 is 5.21 Å². The van der Waals surface area contributed by atoms with Gasteiger partial charge in [0.1, 0.15) is 12.1 Å². The van der Waals surface area contributed by atoms with Gasteiger partial charge in [0.2, 0.25) is 0 Å². The Morgan fingerprint density at radius 1 is 1.35 bits per heavy atom. The number of nitrogens with zero attached hydrogens (tertiary/aromatic N) is 5. The Balaban J connectivity index is 1.95. The van der Waals surface area contributed by atoms with Crippen molar-refractivity contribution in [3.05, 3.63) is 18.1 Å². The molecule has 1 aromatic rings. The summed E-state index contributed by atoms with van der Waals surface area (Å²) in [6.45, 7) is 8.27. The lowest BCUT2D eigenvalue weighted by Crippen LogP contribution is -2.49. The summed E-state index contributed by atoms with van der Waals surface area (Å²) in [6.07, 6.45) is 1.63. The molecule has 0 aliphatic carbocycles. The third kappa shape index (κ3) is 3.57. The lowest BCUT2D eigenvalue weighted by Gasteiger charge is -2.35. The lowest BCUT2D eigenvalue weighted by molar-refractivity contribution is 0.278. The predicted octanol–water partition coefficient (Wildman–Crippen LogP) is 0.468. The van der Waals surface area contributed by atoms with Gasteiger partial charge in [-0.2, -0.15) is 0 Å². The van der Waals surface area contributed by atoms with E-state index in [1.165, 1.54) is 0 Å². The molecule has 3 N–H and O–H groups in total. The summed E-state index contributed by atoms with van der Waals surface area (Å²) < 4.78 is 0. The fourth-order valence-corrected chi connectivity index (χ4v) is 2.25. The van der Waals surface area contributed by atoms with Gasteiger partial charge >= 0.3 is 0 Å². The number of rotatable bonds is 4. The monoisotopic (exact) mass is 278 g/mol. The first-order valence-corrected chi connectivity index (χ1v) is 6.85. The number of aromatic nitrogens is 2. The van der Waals surface area contributed by atoms with Crippen molar-refractivity contribution in [2.45, 2.75) is 19.8 Å².